The maximum atomic E-state index is 13.0. The SMILES string of the molecule is O=C1CCCN1CCCN1C(=O)c2ccccc2[C@@]1(O)c1ccc(Br)cc1. The van der Waals surface area contributed by atoms with Crippen LogP contribution in [-0.4, -0.2) is 46.4 Å². The summed E-state index contributed by atoms with van der Waals surface area (Å²) < 4.78 is 0.909. The number of hydrogen-bond donors (Lipinski definition) is 1. The lowest BCUT2D eigenvalue weighted by Gasteiger charge is -2.35. The van der Waals surface area contributed by atoms with Crippen LogP contribution in [0.4, 0.5) is 0 Å². The van der Waals surface area contributed by atoms with Crippen molar-refractivity contribution in [2.75, 3.05) is 19.6 Å². The van der Waals surface area contributed by atoms with E-state index in [9.17, 15) is 14.7 Å². The van der Waals surface area contributed by atoms with Gasteiger partial charge in [-0.3, -0.25) is 9.59 Å². The average Bonchev–Trinajstić information content (AvgIpc) is 3.18. The van der Waals surface area contributed by atoms with Gasteiger partial charge in [-0.25, -0.2) is 0 Å². The standard InChI is InChI=1S/C21H21BrN2O3/c22-16-10-8-15(9-11-16)21(27)18-6-2-1-5-17(18)20(26)24(21)14-4-13-23-12-3-7-19(23)25/h1-2,5-6,8-11,27H,3-4,7,12-14H2/t21-/m0/s1. The Kier molecular flexibility index (Phi) is 4.78. The first-order chi connectivity index (χ1) is 13.0. The highest BCUT2D eigenvalue weighted by molar-refractivity contribution is 9.10. The Bertz CT molecular complexity index is 883. The highest BCUT2D eigenvalue weighted by Crippen LogP contribution is 2.42. The van der Waals surface area contributed by atoms with Gasteiger partial charge in [0.05, 0.1) is 0 Å². The van der Waals surface area contributed by atoms with E-state index in [4.69, 9.17) is 0 Å². The number of likely N-dealkylation sites (tertiary alicyclic amines) is 1. The summed E-state index contributed by atoms with van der Waals surface area (Å²) in [6.07, 6.45) is 2.14. The molecule has 2 aromatic rings. The summed E-state index contributed by atoms with van der Waals surface area (Å²) in [6.45, 7) is 1.77. The number of carbonyl (C=O) groups excluding carboxylic acids is 2. The minimum absolute atomic E-state index is 0.175. The lowest BCUT2D eigenvalue weighted by molar-refractivity contribution is -0.127. The van der Waals surface area contributed by atoms with E-state index in [1.807, 2.05) is 41.3 Å². The van der Waals surface area contributed by atoms with Gasteiger partial charge in [0.25, 0.3) is 5.91 Å². The van der Waals surface area contributed by atoms with Crippen molar-refractivity contribution in [3.05, 3.63) is 69.7 Å². The van der Waals surface area contributed by atoms with Gasteiger partial charge in [-0.05, 0) is 31.0 Å². The van der Waals surface area contributed by atoms with Gasteiger partial charge in [0.1, 0.15) is 0 Å². The van der Waals surface area contributed by atoms with Crippen LogP contribution in [-0.2, 0) is 10.5 Å². The molecule has 2 amide bonds. The normalized spacial score (nSPS) is 21.9. The van der Waals surface area contributed by atoms with Crippen molar-refractivity contribution in [3.8, 4) is 0 Å². The summed E-state index contributed by atoms with van der Waals surface area (Å²) >= 11 is 3.42. The molecule has 6 heteroatoms. The van der Waals surface area contributed by atoms with E-state index in [0.29, 0.717) is 42.6 Å². The fourth-order valence-corrected chi connectivity index (χ4v) is 4.29. The number of benzene rings is 2. The van der Waals surface area contributed by atoms with Crippen molar-refractivity contribution in [1.82, 2.24) is 9.80 Å². The van der Waals surface area contributed by atoms with E-state index in [2.05, 4.69) is 15.9 Å². The largest absolute Gasteiger partial charge is 0.363 e. The minimum Gasteiger partial charge on any atom is -0.363 e. The summed E-state index contributed by atoms with van der Waals surface area (Å²) in [5.74, 6) is -0.00188. The summed E-state index contributed by atoms with van der Waals surface area (Å²) in [6, 6.07) is 14.6. The van der Waals surface area contributed by atoms with Crippen LogP contribution >= 0.6 is 15.9 Å². The third-order valence-corrected chi connectivity index (χ3v) is 5.93. The molecule has 2 aliphatic rings. The predicted octanol–water partition coefficient (Wildman–Crippen LogP) is 3.11. The van der Waals surface area contributed by atoms with Crippen molar-refractivity contribution in [3.63, 3.8) is 0 Å². The smallest absolute Gasteiger partial charge is 0.257 e. The molecule has 0 radical (unpaired) electrons. The maximum absolute atomic E-state index is 13.0. The molecule has 1 saturated heterocycles. The van der Waals surface area contributed by atoms with Crippen LogP contribution in [0.25, 0.3) is 0 Å². The molecule has 1 fully saturated rings. The monoisotopic (exact) mass is 428 g/mol. The minimum atomic E-state index is -1.50. The number of halogens is 1. The van der Waals surface area contributed by atoms with E-state index in [1.165, 1.54) is 4.90 Å². The Morgan fingerprint density at radius 3 is 2.48 bits per heavy atom. The Labute approximate surface area is 166 Å². The highest BCUT2D eigenvalue weighted by atomic mass is 79.9. The van der Waals surface area contributed by atoms with Gasteiger partial charge in [0.2, 0.25) is 5.91 Å². The number of hydrogen-bond acceptors (Lipinski definition) is 3. The van der Waals surface area contributed by atoms with E-state index in [-0.39, 0.29) is 11.8 Å². The molecule has 0 aromatic heterocycles. The molecule has 27 heavy (non-hydrogen) atoms. The zero-order valence-electron chi connectivity index (χ0n) is 14.9. The van der Waals surface area contributed by atoms with E-state index in [1.54, 1.807) is 12.1 Å². The van der Waals surface area contributed by atoms with E-state index in [0.717, 1.165) is 17.4 Å². The topological polar surface area (TPSA) is 60.9 Å². The molecule has 5 nitrogen and oxygen atoms in total. The zero-order valence-corrected chi connectivity index (χ0v) is 16.5. The van der Waals surface area contributed by atoms with Crippen molar-refractivity contribution < 1.29 is 14.7 Å². The number of carbonyl (C=O) groups is 2. The second-order valence-electron chi connectivity index (χ2n) is 7.02. The van der Waals surface area contributed by atoms with Crippen LogP contribution in [0.15, 0.2) is 53.0 Å². The van der Waals surface area contributed by atoms with Crippen molar-refractivity contribution in [2.24, 2.45) is 0 Å². The van der Waals surface area contributed by atoms with Crippen LogP contribution in [0.1, 0.15) is 40.7 Å². The molecular formula is C21H21BrN2O3. The molecule has 4 rings (SSSR count). The van der Waals surface area contributed by atoms with Crippen LogP contribution < -0.4 is 0 Å². The molecule has 2 aromatic carbocycles. The molecule has 2 heterocycles. The van der Waals surface area contributed by atoms with Crippen LogP contribution in [0.3, 0.4) is 0 Å². The lowest BCUT2D eigenvalue weighted by atomic mass is 9.94. The summed E-state index contributed by atoms with van der Waals surface area (Å²) in [7, 11) is 0. The summed E-state index contributed by atoms with van der Waals surface area (Å²) in [4.78, 5) is 28.2. The molecule has 0 aliphatic carbocycles. The van der Waals surface area contributed by atoms with Crippen LogP contribution in [0.5, 0.6) is 0 Å². The van der Waals surface area contributed by atoms with E-state index >= 15 is 0 Å². The molecular weight excluding hydrogens is 408 g/mol. The van der Waals surface area contributed by atoms with Crippen molar-refractivity contribution >= 4 is 27.7 Å². The van der Waals surface area contributed by atoms with Gasteiger partial charge in [-0.2, -0.15) is 0 Å². The number of aliphatic hydroxyl groups is 1. The quantitative estimate of drug-likeness (QED) is 0.795. The average molecular weight is 429 g/mol. The van der Waals surface area contributed by atoms with Gasteiger partial charge in [-0.1, -0.05) is 46.3 Å². The fraction of sp³-hybridized carbons (Fsp3) is 0.333. The highest BCUT2D eigenvalue weighted by Gasteiger charge is 2.49. The predicted molar refractivity (Wildman–Crippen MR) is 105 cm³/mol. The molecule has 0 spiro atoms. The van der Waals surface area contributed by atoms with Crippen LogP contribution in [0, 0.1) is 0 Å². The number of fused-ring (bicyclic) bond motifs is 1. The number of rotatable bonds is 5. The Morgan fingerprint density at radius 2 is 1.78 bits per heavy atom. The van der Waals surface area contributed by atoms with Crippen molar-refractivity contribution in [1.29, 1.82) is 0 Å². The maximum Gasteiger partial charge on any atom is 0.257 e. The van der Waals surface area contributed by atoms with Gasteiger partial charge in [0, 0.05) is 47.2 Å². The van der Waals surface area contributed by atoms with Crippen molar-refractivity contribution in [2.45, 2.75) is 25.0 Å². The molecule has 0 unspecified atom stereocenters. The van der Waals surface area contributed by atoms with Gasteiger partial charge < -0.3 is 14.9 Å². The second kappa shape index (κ2) is 7.09. The third-order valence-electron chi connectivity index (χ3n) is 5.40. The third kappa shape index (κ3) is 3.07. The molecule has 0 bridgehead atoms. The molecule has 140 valence electrons. The molecule has 1 atom stereocenters. The summed E-state index contributed by atoms with van der Waals surface area (Å²) in [5.41, 5.74) is 0.291. The van der Waals surface area contributed by atoms with Gasteiger partial charge in [-0.15, -0.1) is 0 Å². The van der Waals surface area contributed by atoms with Gasteiger partial charge in [0.15, 0.2) is 5.72 Å². The van der Waals surface area contributed by atoms with E-state index < -0.39 is 5.72 Å². The Morgan fingerprint density at radius 1 is 1.04 bits per heavy atom. The number of nitrogens with zero attached hydrogens (tertiary/aromatic N) is 2. The Balaban J connectivity index is 1.63. The van der Waals surface area contributed by atoms with Gasteiger partial charge >= 0.3 is 0 Å². The first-order valence-corrected chi connectivity index (χ1v) is 9.99. The number of amides is 2. The fourth-order valence-electron chi connectivity index (χ4n) is 4.03. The Hall–Kier alpha value is -2.18. The first kappa shape index (κ1) is 18.2. The molecule has 0 saturated carbocycles. The van der Waals surface area contributed by atoms with Crippen LogP contribution in [0.2, 0.25) is 0 Å². The zero-order chi connectivity index (χ0) is 19.0. The molecule has 2 aliphatic heterocycles. The molecule has 1 N–H and O–H groups in total. The lowest BCUT2D eigenvalue weighted by Crippen LogP contribution is -2.46. The second-order valence-corrected chi connectivity index (χ2v) is 7.94. The summed E-state index contributed by atoms with van der Waals surface area (Å²) in [5, 5.41) is 11.7. The first-order valence-electron chi connectivity index (χ1n) is 9.19.